The van der Waals surface area contributed by atoms with E-state index in [9.17, 15) is 13.6 Å². The van der Waals surface area contributed by atoms with Crippen LogP contribution in [0.1, 0.15) is 5.56 Å². The fraction of sp³-hybridized carbons (Fsp3) is 0.188. The number of hydrogen-bond acceptors (Lipinski definition) is 2. The number of amides is 2. The zero-order valence-electron chi connectivity index (χ0n) is 12.0. The number of urea groups is 1. The van der Waals surface area contributed by atoms with Gasteiger partial charge in [0, 0.05) is 6.07 Å². The summed E-state index contributed by atoms with van der Waals surface area (Å²) in [5, 5.41) is 4.83. The number of benzene rings is 2. The number of carbonyl (C=O) groups excluding carboxylic acids is 1. The van der Waals surface area contributed by atoms with E-state index in [1.165, 1.54) is 0 Å². The molecule has 2 aromatic rings. The monoisotopic (exact) mass is 306 g/mol. The number of aryl methyl sites for hydroxylation is 1. The maximum Gasteiger partial charge on any atom is 0.319 e. The maximum absolute atomic E-state index is 13.4. The van der Waals surface area contributed by atoms with Crippen molar-refractivity contribution in [3.05, 3.63) is 59.7 Å². The number of nitrogens with one attached hydrogen (secondary N) is 2. The Hall–Kier alpha value is -2.63. The number of ether oxygens (including phenoxy) is 1. The Bertz CT molecular complexity index is 662. The van der Waals surface area contributed by atoms with Gasteiger partial charge in [0.1, 0.15) is 24.0 Å². The molecule has 0 heterocycles. The molecule has 0 unspecified atom stereocenters. The smallest absolute Gasteiger partial charge is 0.319 e. The number of hydrogen-bond donors (Lipinski definition) is 2. The molecular formula is C16H16F2N2O2. The SMILES string of the molecule is Cc1ccccc1OCCNC(=O)Nc1ccc(F)cc1F. The summed E-state index contributed by atoms with van der Waals surface area (Å²) in [5.74, 6) is -0.782. The predicted octanol–water partition coefficient (Wildman–Crippen LogP) is 3.47. The number of rotatable bonds is 5. The molecule has 6 heteroatoms. The quantitative estimate of drug-likeness (QED) is 0.831. The van der Waals surface area contributed by atoms with Gasteiger partial charge in [0.2, 0.25) is 0 Å². The minimum atomic E-state index is -0.827. The molecule has 2 N–H and O–H groups in total. The van der Waals surface area contributed by atoms with Crippen LogP contribution in [0.25, 0.3) is 0 Å². The van der Waals surface area contributed by atoms with Gasteiger partial charge in [-0.15, -0.1) is 0 Å². The number of para-hydroxylation sites is 1. The second kappa shape index (κ2) is 7.40. The maximum atomic E-state index is 13.4. The van der Waals surface area contributed by atoms with Crippen molar-refractivity contribution in [2.24, 2.45) is 0 Å². The molecule has 0 spiro atoms. The minimum Gasteiger partial charge on any atom is -0.491 e. The van der Waals surface area contributed by atoms with E-state index in [0.717, 1.165) is 23.4 Å². The molecule has 0 bridgehead atoms. The van der Waals surface area contributed by atoms with Gasteiger partial charge in [-0.25, -0.2) is 13.6 Å². The van der Waals surface area contributed by atoms with E-state index in [2.05, 4.69) is 10.6 Å². The van der Waals surface area contributed by atoms with Crippen molar-refractivity contribution in [1.82, 2.24) is 5.32 Å². The summed E-state index contributed by atoms with van der Waals surface area (Å²) in [4.78, 5) is 11.6. The first kappa shape index (κ1) is 15.8. The van der Waals surface area contributed by atoms with Gasteiger partial charge in [-0.1, -0.05) is 18.2 Å². The highest BCUT2D eigenvalue weighted by Crippen LogP contribution is 2.16. The van der Waals surface area contributed by atoms with Gasteiger partial charge in [-0.05, 0) is 30.7 Å². The molecular weight excluding hydrogens is 290 g/mol. The molecule has 0 aliphatic carbocycles. The molecule has 2 amide bonds. The Labute approximate surface area is 127 Å². The van der Waals surface area contributed by atoms with Crippen LogP contribution in [0.15, 0.2) is 42.5 Å². The molecule has 0 radical (unpaired) electrons. The lowest BCUT2D eigenvalue weighted by Crippen LogP contribution is -2.32. The first-order valence-corrected chi connectivity index (χ1v) is 6.74. The van der Waals surface area contributed by atoms with Gasteiger partial charge in [0.05, 0.1) is 12.2 Å². The Morgan fingerprint density at radius 1 is 1.18 bits per heavy atom. The van der Waals surface area contributed by atoms with Crippen LogP contribution in [0, 0.1) is 18.6 Å². The molecule has 4 nitrogen and oxygen atoms in total. The van der Waals surface area contributed by atoms with Gasteiger partial charge < -0.3 is 15.4 Å². The van der Waals surface area contributed by atoms with Gasteiger partial charge in [0.25, 0.3) is 0 Å². The van der Waals surface area contributed by atoms with Crippen LogP contribution in [0.3, 0.4) is 0 Å². The standard InChI is InChI=1S/C16H16F2N2O2/c1-11-4-2-3-5-15(11)22-9-8-19-16(21)20-14-7-6-12(17)10-13(14)18/h2-7,10H,8-9H2,1H3,(H2,19,20,21). The van der Waals surface area contributed by atoms with Gasteiger partial charge in [-0.3, -0.25) is 0 Å². The number of anilines is 1. The molecule has 0 fully saturated rings. The highest BCUT2D eigenvalue weighted by atomic mass is 19.1. The Balaban J connectivity index is 1.75. The number of halogens is 2. The Morgan fingerprint density at radius 2 is 1.95 bits per heavy atom. The summed E-state index contributed by atoms with van der Waals surface area (Å²) < 4.78 is 31.6. The van der Waals surface area contributed by atoms with Gasteiger partial charge in [0.15, 0.2) is 0 Å². The molecule has 0 atom stereocenters. The summed E-state index contributed by atoms with van der Waals surface area (Å²) in [6.07, 6.45) is 0. The van der Waals surface area contributed by atoms with Crippen LogP contribution in [0.4, 0.5) is 19.3 Å². The van der Waals surface area contributed by atoms with Crippen LogP contribution >= 0.6 is 0 Å². The van der Waals surface area contributed by atoms with E-state index in [1.54, 1.807) is 0 Å². The van der Waals surface area contributed by atoms with Crippen molar-refractivity contribution >= 4 is 11.7 Å². The van der Waals surface area contributed by atoms with E-state index in [0.29, 0.717) is 6.07 Å². The van der Waals surface area contributed by atoms with Crippen LogP contribution < -0.4 is 15.4 Å². The van der Waals surface area contributed by atoms with Gasteiger partial charge >= 0.3 is 6.03 Å². The zero-order chi connectivity index (χ0) is 15.9. The molecule has 0 aliphatic heterocycles. The molecule has 0 saturated heterocycles. The second-order valence-corrected chi connectivity index (χ2v) is 4.62. The number of carbonyl (C=O) groups is 1. The van der Waals surface area contributed by atoms with Crippen LogP contribution in [-0.4, -0.2) is 19.2 Å². The average molecular weight is 306 g/mol. The van der Waals surface area contributed by atoms with Crippen molar-refractivity contribution in [2.75, 3.05) is 18.5 Å². The first-order chi connectivity index (χ1) is 10.6. The Kier molecular flexibility index (Phi) is 5.30. The average Bonchev–Trinajstić information content (AvgIpc) is 2.48. The molecule has 116 valence electrons. The summed E-state index contributed by atoms with van der Waals surface area (Å²) in [6.45, 7) is 2.46. The van der Waals surface area contributed by atoms with E-state index < -0.39 is 17.7 Å². The zero-order valence-corrected chi connectivity index (χ0v) is 12.0. The van der Waals surface area contributed by atoms with Crippen molar-refractivity contribution < 1.29 is 18.3 Å². The summed E-state index contributed by atoms with van der Waals surface area (Å²) in [6, 6.07) is 9.88. The molecule has 22 heavy (non-hydrogen) atoms. The molecule has 0 aromatic heterocycles. The summed E-state index contributed by atoms with van der Waals surface area (Å²) in [5.41, 5.74) is 0.916. The minimum absolute atomic E-state index is 0.0845. The summed E-state index contributed by atoms with van der Waals surface area (Å²) >= 11 is 0. The fourth-order valence-corrected chi connectivity index (χ4v) is 1.80. The lowest BCUT2D eigenvalue weighted by molar-refractivity contribution is 0.247. The lowest BCUT2D eigenvalue weighted by Gasteiger charge is -2.11. The van der Waals surface area contributed by atoms with Crippen LogP contribution in [-0.2, 0) is 0 Å². The summed E-state index contributed by atoms with van der Waals surface area (Å²) in [7, 11) is 0. The highest BCUT2D eigenvalue weighted by molar-refractivity contribution is 5.89. The fourth-order valence-electron chi connectivity index (χ4n) is 1.80. The largest absolute Gasteiger partial charge is 0.491 e. The van der Waals surface area contributed by atoms with Gasteiger partial charge in [-0.2, -0.15) is 0 Å². The van der Waals surface area contributed by atoms with E-state index in [4.69, 9.17) is 4.74 Å². The third kappa shape index (κ3) is 4.44. The van der Waals surface area contributed by atoms with E-state index in [-0.39, 0.29) is 18.8 Å². The lowest BCUT2D eigenvalue weighted by atomic mass is 10.2. The molecule has 0 aliphatic rings. The highest BCUT2D eigenvalue weighted by Gasteiger charge is 2.07. The van der Waals surface area contributed by atoms with E-state index in [1.807, 2.05) is 31.2 Å². The molecule has 2 aromatic carbocycles. The van der Waals surface area contributed by atoms with Crippen molar-refractivity contribution in [3.8, 4) is 5.75 Å². The second-order valence-electron chi connectivity index (χ2n) is 4.62. The van der Waals surface area contributed by atoms with Crippen molar-refractivity contribution in [1.29, 1.82) is 0 Å². The normalized spacial score (nSPS) is 10.1. The van der Waals surface area contributed by atoms with Crippen LogP contribution in [0.2, 0.25) is 0 Å². The first-order valence-electron chi connectivity index (χ1n) is 6.74. The third-order valence-corrected chi connectivity index (χ3v) is 2.92. The third-order valence-electron chi connectivity index (χ3n) is 2.92. The molecule has 0 saturated carbocycles. The topological polar surface area (TPSA) is 50.4 Å². The Morgan fingerprint density at radius 3 is 2.68 bits per heavy atom. The van der Waals surface area contributed by atoms with Crippen molar-refractivity contribution in [2.45, 2.75) is 6.92 Å². The molecule has 2 rings (SSSR count). The van der Waals surface area contributed by atoms with E-state index >= 15 is 0 Å². The van der Waals surface area contributed by atoms with Crippen LogP contribution in [0.5, 0.6) is 5.75 Å². The van der Waals surface area contributed by atoms with Crippen molar-refractivity contribution in [3.63, 3.8) is 0 Å². The predicted molar refractivity (Wildman–Crippen MR) is 80.1 cm³/mol.